The summed E-state index contributed by atoms with van der Waals surface area (Å²) in [4.78, 5) is 9.30. The van der Waals surface area contributed by atoms with E-state index in [1.54, 1.807) is 14.2 Å². The first kappa shape index (κ1) is 25.1. The van der Waals surface area contributed by atoms with E-state index >= 15 is 0 Å². The van der Waals surface area contributed by atoms with Crippen molar-refractivity contribution in [2.24, 2.45) is 0 Å². The van der Waals surface area contributed by atoms with Crippen LogP contribution >= 0.6 is 0 Å². The second-order valence-corrected chi connectivity index (χ2v) is 9.14. The fourth-order valence-corrected chi connectivity index (χ4v) is 4.46. The van der Waals surface area contributed by atoms with E-state index in [0.717, 1.165) is 44.7 Å². The normalized spacial score (nSPS) is 11.7. The molecular weight excluding hydrogens is 474 g/mol. The standard InChI is InChI=1S/C32H31N3O3/c1-21(33-32-28-18-30(36-3)31(37-4)19-29(28)34-22(2)35-32)24-12-8-13-25(16-24)26-14-9-15-27(17-26)38-20-23-10-6-5-7-11-23/h5-19,21H,20H2,1-4H3,(H,33,34,35). The van der Waals surface area contributed by atoms with Gasteiger partial charge in [-0.2, -0.15) is 0 Å². The molecule has 0 aliphatic rings. The Hall–Kier alpha value is -4.58. The van der Waals surface area contributed by atoms with Crippen LogP contribution in [0.1, 0.15) is 29.9 Å². The van der Waals surface area contributed by atoms with E-state index in [4.69, 9.17) is 19.2 Å². The number of rotatable bonds is 9. The first-order valence-electron chi connectivity index (χ1n) is 12.6. The SMILES string of the molecule is COc1cc2nc(C)nc(NC(C)c3cccc(-c4cccc(OCc5ccccc5)c4)c3)c2cc1OC. The minimum absolute atomic E-state index is 0.00180. The molecule has 1 heterocycles. The molecule has 0 bridgehead atoms. The highest BCUT2D eigenvalue weighted by atomic mass is 16.5. The van der Waals surface area contributed by atoms with Gasteiger partial charge in [-0.25, -0.2) is 9.97 Å². The molecule has 0 spiro atoms. The van der Waals surface area contributed by atoms with Crippen LogP contribution in [0.2, 0.25) is 0 Å². The lowest BCUT2D eigenvalue weighted by atomic mass is 10.00. The molecular formula is C32H31N3O3. The number of nitrogens with one attached hydrogen (secondary N) is 1. The molecule has 0 aliphatic carbocycles. The maximum Gasteiger partial charge on any atom is 0.162 e. The molecule has 1 atom stereocenters. The van der Waals surface area contributed by atoms with E-state index in [-0.39, 0.29) is 6.04 Å². The van der Waals surface area contributed by atoms with Crippen LogP contribution in [-0.4, -0.2) is 24.2 Å². The minimum atomic E-state index is -0.00180. The Balaban J connectivity index is 1.38. The molecule has 1 aromatic heterocycles. The number of aromatic nitrogens is 2. The Labute approximate surface area is 223 Å². The van der Waals surface area contributed by atoms with Gasteiger partial charge in [0.15, 0.2) is 11.5 Å². The van der Waals surface area contributed by atoms with Crippen LogP contribution in [0.3, 0.4) is 0 Å². The number of ether oxygens (including phenoxy) is 3. The van der Waals surface area contributed by atoms with Gasteiger partial charge in [-0.05, 0) is 60.4 Å². The number of hydrogen-bond acceptors (Lipinski definition) is 6. The monoisotopic (exact) mass is 505 g/mol. The van der Waals surface area contributed by atoms with E-state index < -0.39 is 0 Å². The molecule has 0 fully saturated rings. The van der Waals surface area contributed by atoms with Crippen LogP contribution in [0.4, 0.5) is 5.82 Å². The second kappa shape index (κ2) is 11.2. The summed E-state index contributed by atoms with van der Waals surface area (Å²) in [6.07, 6.45) is 0. The van der Waals surface area contributed by atoms with E-state index in [2.05, 4.69) is 65.8 Å². The summed E-state index contributed by atoms with van der Waals surface area (Å²) in [5, 5.41) is 4.46. The van der Waals surface area contributed by atoms with Gasteiger partial charge in [0, 0.05) is 17.5 Å². The molecule has 0 saturated carbocycles. The van der Waals surface area contributed by atoms with Gasteiger partial charge in [-0.15, -0.1) is 0 Å². The summed E-state index contributed by atoms with van der Waals surface area (Å²) >= 11 is 0. The maximum atomic E-state index is 6.05. The first-order valence-corrected chi connectivity index (χ1v) is 12.6. The summed E-state index contributed by atoms with van der Waals surface area (Å²) < 4.78 is 17.0. The largest absolute Gasteiger partial charge is 0.493 e. The molecule has 6 nitrogen and oxygen atoms in total. The molecule has 5 aromatic rings. The zero-order valence-corrected chi connectivity index (χ0v) is 22.1. The van der Waals surface area contributed by atoms with Crippen molar-refractivity contribution in [3.8, 4) is 28.4 Å². The topological polar surface area (TPSA) is 65.5 Å². The molecule has 5 rings (SSSR count). The van der Waals surface area contributed by atoms with Crippen LogP contribution in [-0.2, 0) is 6.61 Å². The first-order chi connectivity index (χ1) is 18.5. The number of hydrogen-bond donors (Lipinski definition) is 1. The van der Waals surface area contributed by atoms with Crippen molar-refractivity contribution in [3.63, 3.8) is 0 Å². The predicted octanol–water partition coefficient (Wildman–Crippen LogP) is 7.37. The molecule has 38 heavy (non-hydrogen) atoms. The zero-order chi connectivity index (χ0) is 26.5. The van der Waals surface area contributed by atoms with Gasteiger partial charge < -0.3 is 19.5 Å². The summed E-state index contributed by atoms with van der Waals surface area (Å²) in [6.45, 7) is 4.55. The lowest BCUT2D eigenvalue weighted by Gasteiger charge is -2.18. The molecule has 192 valence electrons. The summed E-state index contributed by atoms with van der Waals surface area (Å²) in [7, 11) is 3.25. The lowest BCUT2D eigenvalue weighted by Crippen LogP contribution is -2.10. The van der Waals surface area contributed by atoms with E-state index in [9.17, 15) is 0 Å². The average Bonchev–Trinajstić information content (AvgIpc) is 2.96. The molecule has 0 radical (unpaired) electrons. The quantitative estimate of drug-likeness (QED) is 0.226. The van der Waals surface area contributed by atoms with Gasteiger partial charge in [0.1, 0.15) is 24.0 Å². The van der Waals surface area contributed by atoms with Gasteiger partial charge in [-0.3, -0.25) is 0 Å². The predicted molar refractivity (Wildman–Crippen MR) is 152 cm³/mol. The Kier molecular flexibility index (Phi) is 7.40. The van der Waals surface area contributed by atoms with Crippen molar-refractivity contribution < 1.29 is 14.2 Å². The highest BCUT2D eigenvalue weighted by Gasteiger charge is 2.15. The van der Waals surface area contributed by atoms with E-state index in [1.807, 2.05) is 49.4 Å². The fraction of sp³-hybridized carbons (Fsp3) is 0.188. The molecule has 6 heteroatoms. The van der Waals surface area contributed by atoms with Gasteiger partial charge in [0.2, 0.25) is 0 Å². The summed E-state index contributed by atoms with van der Waals surface area (Å²) in [5.74, 6) is 3.55. The third kappa shape index (κ3) is 5.54. The van der Waals surface area contributed by atoms with Crippen LogP contribution in [0.25, 0.3) is 22.0 Å². The van der Waals surface area contributed by atoms with Crippen molar-refractivity contribution in [3.05, 3.63) is 108 Å². The van der Waals surface area contributed by atoms with Gasteiger partial charge in [0.05, 0.1) is 19.7 Å². The summed E-state index contributed by atoms with van der Waals surface area (Å²) in [5.41, 5.74) is 5.30. The van der Waals surface area contributed by atoms with E-state index in [1.165, 1.54) is 0 Å². The Morgan fingerprint density at radius 1 is 0.763 bits per heavy atom. The summed E-state index contributed by atoms with van der Waals surface area (Å²) in [6, 6.07) is 30.7. The lowest BCUT2D eigenvalue weighted by molar-refractivity contribution is 0.306. The highest BCUT2D eigenvalue weighted by molar-refractivity contribution is 5.92. The molecule has 1 unspecified atom stereocenters. The van der Waals surface area contributed by atoms with Crippen molar-refractivity contribution in [2.45, 2.75) is 26.5 Å². The number of anilines is 1. The van der Waals surface area contributed by atoms with Gasteiger partial charge >= 0.3 is 0 Å². The van der Waals surface area contributed by atoms with Crippen molar-refractivity contribution in [1.29, 1.82) is 0 Å². The van der Waals surface area contributed by atoms with Crippen molar-refractivity contribution in [1.82, 2.24) is 9.97 Å². The Morgan fingerprint density at radius 2 is 1.47 bits per heavy atom. The van der Waals surface area contributed by atoms with Gasteiger partial charge in [-0.1, -0.05) is 60.7 Å². The highest BCUT2D eigenvalue weighted by Crippen LogP contribution is 2.35. The number of methoxy groups -OCH3 is 2. The van der Waals surface area contributed by atoms with Crippen LogP contribution in [0, 0.1) is 6.92 Å². The van der Waals surface area contributed by atoms with Crippen molar-refractivity contribution >= 4 is 16.7 Å². The minimum Gasteiger partial charge on any atom is -0.493 e. The Bertz CT molecular complexity index is 1550. The maximum absolute atomic E-state index is 6.05. The Morgan fingerprint density at radius 3 is 2.24 bits per heavy atom. The number of benzene rings is 4. The second-order valence-electron chi connectivity index (χ2n) is 9.14. The molecule has 4 aromatic carbocycles. The van der Waals surface area contributed by atoms with Crippen LogP contribution in [0.15, 0.2) is 91.0 Å². The third-order valence-corrected chi connectivity index (χ3v) is 6.47. The average molecular weight is 506 g/mol. The number of fused-ring (bicyclic) bond motifs is 1. The molecule has 1 N–H and O–H groups in total. The molecule has 0 amide bonds. The fourth-order valence-electron chi connectivity index (χ4n) is 4.46. The molecule has 0 aliphatic heterocycles. The van der Waals surface area contributed by atoms with Crippen molar-refractivity contribution in [2.75, 3.05) is 19.5 Å². The third-order valence-electron chi connectivity index (χ3n) is 6.47. The smallest absolute Gasteiger partial charge is 0.162 e. The number of nitrogens with zero attached hydrogens (tertiary/aromatic N) is 2. The van der Waals surface area contributed by atoms with E-state index in [0.29, 0.717) is 23.9 Å². The van der Waals surface area contributed by atoms with Crippen LogP contribution in [0.5, 0.6) is 17.2 Å². The van der Waals surface area contributed by atoms with Gasteiger partial charge in [0.25, 0.3) is 0 Å². The molecule has 0 saturated heterocycles. The van der Waals surface area contributed by atoms with Crippen LogP contribution < -0.4 is 19.5 Å². The number of aryl methyl sites for hydroxylation is 1. The zero-order valence-electron chi connectivity index (χ0n) is 22.1.